The molecule has 0 spiro atoms. The first-order valence-corrected chi connectivity index (χ1v) is 7.47. The molecule has 122 valence electrons. The van der Waals surface area contributed by atoms with Crippen molar-refractivity contribution in [3.8, 4) is 11.8 Å². The highest BCUT2D eigenvalue weighted by Gasteiger charge is 2.27. The molecule has 0 aromatic carbocycles. The van der Waals surface area contributed by atoms with Gasteiger partial charge in [0.1, 0.15) is 6.10 Å². The Hall–Kier alpha value is -2.05. The third-order valence-electron chi connectivity index (χ3n) is 3.23. The normalized spacial score (nSPS) is 18.7. The Balaban J connectivity index is 1.94. The summed E-state index contributed by atoms with van der Waals surface area (Å²) in [5.41, 5.74) is -0.247. The zero-order chi connectivity index (χ0) is 16.2. The Kier molecular flexibility index (Phi) is 5.05. The van der Waals surface area contributed by atoms with Crippen molar-refractivity contribution in [2.45, 2.75) is 45.3 Å². The molecule has 1 N–H and O–H groups in total. The van der Waals surface area contributed by atoms with E-state index in [2.05, 4.69) is 15.3 Å². The summed E-state index contributed by atoms with van der Waals surface area (Å²) in [6.45, 7) is 7.18. The fraction of sp³-hybridized carbons (Fsp3) is 0.667. The molecule has 2 amide bonds. The van der Waals surface area contributed by atoms with Crippen LogP contribution in [0.15, 0.2) is 12.4 Å². The minimum Gasteiger partial charge on any atom is -0.480 e. The van der Waals surface area contributed by atoms with Gasteiger partial charge < -0.3 is 19.7 Å². The highest BCUT2D eigenvalue weighted by Crippen LogP contribution is 2.18. The minimum atomic E-state index is -0.247. The Morgan fingerprint density at radius 2 is 2.09 bits per heavy atom. The van der Waals surface area contributed by atoms with E-state index < -0.39 is 0 Å². The number of carbonyl (C=O) groups excluding carboxylic acids is 1. The second kappa shape index (κ2) is 6.81. The van der Waals surface area contributed by atoms with Gasteiger partial charge >= 0.3 is 6.03 Å². The highest BCUT2D eigenvalue weighted by atomic mass is 16.5. The molecule has 0 saturated carbocycles. The van der Waals surface area contributed by atoms with Gasteiger partial charge in [0, 0.05) is 12.1 Å². The van der Waals surface area contributed by atoms with Gasteiger partial charge in [-0.2, -0.15) is 4.98 Å². The van der Waals surface area contributed by atoms with Crippen LogP contribution in [0.2, 0.25) is 0 Å². The Labute approximate surface area is 131 Å². The predicted octanol–water partition coefficient (Wildman–Crippen LogP) is 1.84. The Bertz CT molecular complexity index is 516. The van der Waals surface area contributed by atoms with E-state index in [4.69, 9.17) is 9.47 Å². The third kappa shape index (κ3) is 4.75. The van der Waals surface area contributed by atoms with E-state index in [1.165, 1.54) is 13.3 Å². The van der Waals surface area contributed by atoms with E-state index in [9.17, 15) is 4.79 Å². The van der Waals surface area contributed by atoms with Gasteiger partial charge in [0.25, 0.3) is 0 Å². The smallest absolute Gasteiger partial charge is 0.317 e. The van der Waals surface area contributed by atoms with Gasteiger partial charge in [0.2, 0.25) is 11.8 Å². The molecule has 0 aliphatic carbocycles. The number of hydrogen-bond donors (Lipinski definition) is 1. The molecule has 1 unspecified atom stereocenters. The standard InChI is InChI=1S/C15H24N4O3/c1-15(2,3)18-14(20)19-7-5-6-11(10-19)22-13-9-16-8-12(17-13)21-4/h8-9,11H,5-7,10H2,1-4H3,(H,18,20). The third-order valence-corrected chi connectivity index (χ3v) is 3.23. The van der Waals surface area contributed by atoms with Gasteiger partial charge in [0.15, 0.2) is 0 Å². The molecular formula is C15H24N4O3. The first-order chi connectivity index (χ1) is 10.4. The number of amides is 2. The van der Waals surface area contributed by atoms with E-state index in [0.29, 0.717) is 18.3 Å². The Morgan fingerprint density at radius 1 is 1.36 bits per heavy atom. The summed E-state index contributed by atoms with van der Waals surface area (Å²) < 4.78 is 10.9. The zero-order valence-corrected chi connectivity index (χ0v) is 13.6. The number of piperidine rings is 1. The maximum absolute atomic E-state index is 12.2. The summed E-state index contributed by atoms with van der Waals surface area (Å²) in [4.78, 5) is 22.2. The number of aromatic nitrogens is 2. The van der Waals surface area contributed by atoms with Crippen LogP contribution in [0.3, 0.4) is 0 Å². The topological polar surface area (TPSA) is 76.6 Å². The van der Waals surface area contributed by atoms with Crippen LogP contribution in [0.5, 0.6) is 11.8 Å². The van der Waals surface area contributed by atoms with Crippen LogP contribution in [0.1, 0.15) is 33.6 Å². The number of nitrogens with zero attached hydrogens (tertiary/aromatic N) is 3. The molecule has 7 nitrogen and oxygen atoms in total. The number of methoxy groups -OCH3 is 1. The zero-order valence-electron chi connectivity index (χ0n) is 13.6. The lowest BCUT2D eigenvalue weighted by Crippen LogP contribution is -2.53. The molecule has 0 radical (unpaired) electrons. The van der Waals surface area contributed by atoms with E-state index in [0.717, 1.165) is 19.4 Å². The lowest BCUT2D eigenvalue weighted by Gasteiger charge is -2.34. The lowest BCUT2D eigenvalue weighted by atomic mass is 10.1. The molecule has 7 heteroatoms. The SMILES string of the molecule is COc1cncc(OC2CCCN(C(=O)NC(C)(C)C)C2)n1. The highest BCUT2D eigenvalue weighted by molar-refractivity contribution is 5.75. The number of hydrogen-bond acceptors (Lipinski definition) is 5. The van der Waals surface area contributed by atoms with E-state index in [-0.39, 0.29) is 17.7 Å². The molecule has 1 aliphatic heterocycles. The first kappa shape index (κ1) is 16.3. The van der Waals surface area contributed by atoms with Crippen LogP contribution in [-0.4, -0.2) is 52.7 Å². The molecular weight excluding hydrogens is 284 g/mol. The predicted molar refractivity (Wildman–Crippen MR) is 82.1 cm³/mol. The van der Waals surface area contributed by atoms with Gasteiger partial charge in [-0.3, -0.25) is 4.98 Å². The van der Waals surface area contributed by atoms with Gasteiger partial charge in [-0.25, -0.2) is 4.79 Å². The van der Waals surface area contributed by atoms with Gasteiger partial charge in [-0.05, 0) is 33.6 Å². The van der Waals surface area contributed by atoms with Gasteiger partial charge in [-0.15, -0.1) is 0 Å². The summed E-state index contributed by atoms with van der Waals surface area (Å²) in [6.07, 6.45) is 4.78. The largest absolute Gasteiger partial charge is 0.480 e. The average Bonchev–Trinajstić information content (AvgIpc) is 2.46. The van der Waals surface area contributed by atoms with Crippen molar-refractivity contribution in [3.05, 3.63) is 12.4 Å². The van der Waals surface area contributed by atoms with Crippen LogP contribution in [0.25, 0.3) is 0 Å². The lowest BCUT2D eigenvalue weighted by molar-refractivity contribution is 0.0944. The summed E-state index contributed by atoms with van der Waals surface area (Å²) in [5, 5.41) is 2.97. The van der Waals surface area contributed by atoms with E-state index in [1.54, 1.807) is 11.1 Å². The fourth-order valence-electron chi connectivity index (χ4n) is 2.28. The van der Waals surface area contributed by atoms with Crippen molar-refractivity contribution < 1.29 is 14.3 Å². The van der Waals surface area contributed by atoms with Crippen molar-refractivity contribution in [2.24, 2.45) is 0 Å². The van der Waals surface area contributed by atoms with Crippen LogP contribution in [-0.2, 0) is 0 Å². The summed E-state index contributed by atoms with van der Waals surface area (Å²) in [7, 11) is 1.53. The van der Waals surface area contributed by atoms with Crippen molar-refractivity contribution in [3.63, 3.8) is 0 Å². The van der Waals surface area contributed by atoms with Gasteiger partial charge in [0.05, 0.1) is 26.0 Å². The van der Waals surface area contributed by atoms with Gasteiger partial charge in [-0.1, -0.05) is 0 Å². The van der Waals surface area contributed by atoms with Crippen LogP contribution in [0, 0.1) is 0 Å². The first-order valence-electron chi connectivity index (χ1n) is 7.47. The van der Waals surface area contributed by atoms with Crippen LogP contribution in [0.4, 0.5) is 4.79 Å². The fourth-order valence-corrected chi connectivity index (χ4v) is 2.28. The number of nitrogens with one attached hydrogen (secondary N) is 1. The average molecular weight is 308 g/mol. The summed E-state index contributed by atoms with van der Waals surface area (Å²) in [5.74, 6) is 0.832. The molecule has 1 saturated heterocycles. The molecule has 22 heavy (non-hydrogen) atoms. The van der Waals surface area contributed by atoms with E-state index >= 15 is 0 Å². The molecule has 2 heterocycles. The molecule has 1 aliphatic rings. The van der Waals surface area contributed by atoms with Crippen LogP contribution < -0.4 is 14.8 Å². The molecule has 1 fully saturated rings. The second-order valence-electron chi connectivity index (χ2n) is 6.41. The van der Waals surface area contributed by atoms with Crippen molar-refractivity contribution in [1.82, 2.24) is 20.2 Å². The van der Waals surface area contributed by atoms with Crippen molar-refractivity contribution in [2.75, 3.05) is 20.2 Å². The van der Waals surface area contributed by atoms with Crippen molar-refractivity contribution in [1.29, 1.82) is 0 Å². The maximum atomic E-state index is 12.2. The Morgan fingerprint density at radius 3 is 2.77 bits per heavy atom. The molecule has 1 aromatic heterocycles. The molecule has 1 aromatic rings. The molecule has 1 atom stereocenters. The van der Waals surface area contributed by atoms with Crippen LogP contribution >= 0.6 is 0 Å². The van der Waals surface area contributed by atoms with E-state index in [1.807, 2.05) is 20.8 Å². The quantitative estimate of drug-likeness (QED) is 0.922. The second-order valence-corrected chi connectivity index (χ2v) is 6.41. The number of likely N-dealkylation sites (tertiary alicyclic amines) is 1. The molecule has 0 bridgehead atoms. The number of carbonyl (C=O) groups is 1. The molecule has 2 rings (SSSR count). The number of rotatable bonds is 3. The maximum Gasteiger partial charge on any atom is 0.317 e. The summed E-state index contributed by atoms with van der Waals surface area (Å²) >= 11 is 0. The monoisotopic (exact) mass is 308 g/mol. The number of urea groups is 1. The number of ether oxygens (including phenoxy) is 2. The summed E-state index contributed by atoms with van der Waals surface area (Å²) in [6, 6.07) is -0.0578. The van der Waals surface area contributed by atoms with Crippen molar-refractivity contribution >= 4 is 6.03 Å². The minimum absolute atomic E-state index is 0.0578.